The predicted molar refractivity (Wildman–Crippen MR) is 161 cm³/mol. The van der Waals surface area contributed by atoms with Gasteiger partial charge < -0.3 is 21.3 Å². The molecule has 0 unspecified atom stereocenters. The van der Waals surface area contributed by atoms with Crippen LogP contribution in [0.5, 0.6) is 0 Å². The highest BCUT2D eigenvalue weighted by Crippen LogP contribution is 2.34. The Kier molecular flexibility index (Phi) is 8.78. The van der Waals surface area contributed by atoms with Crippen molar-refractivity contribution in [3.8, 4) is 6.19 Å². The maximum absolute atomic E-state index is 13.8. The fourth-order valence-corrected chi connectivity index (χ4v) is 5.00. The van der Waals surface area contributed by atoms with E-state index in [1.807, 2.05) is 30.3 Å². The lowest BCUT2D eigenvalue weighted by molar-refractivity contribution is -0.137. The Labute approximate surface area is 248 Å². The summed E-state index contributed by atoms with van der Waals surface area (Å²) in [6.45, 7) is 0.623. The minimum absolute atomic E-state index is 0.0353. The second kappa shape index (κ2) is 13.0. The number of rotatable bonds is 8. The molecule has 3 heterocycles. The molecule has 2 aromatic carbocycles. The van der Waals surface area contributed by atoms with E-state index in [1.54, 1.807) is 48.4 Å². The summed E-state index contributed by atoms with van der Waals surface area (Å²) in [5.41, 5.74) is 2.00. The largest absolute Gasteiger partial charge is 0.416 e. The normalized spacial score (nSPS) is 11.5. The van der Waals surface area contributed by atoms with Crippen LogP contribution in [0.3, 0.4) is 0 Å². The molecule has 0 aliphatic heterocycles. The number of guanidine groups is 1. The number of fused-ring (bicyclic) bond motifs is 1. The van der Waals surface area contributed by atoms with Crippen LogP contribution in [0.15, 0.2) is 95.7 Å². The van der Waals surface area contributed by atoms with Gasteiger partial charge in [-0.2, -0.15) is 18.4 Å². The van der Waals surface area contributed by atoms with Crippen molar-refractivity contribution in [1.29, 1.82) is 5.26 Å². The first-order chi connectivity index (χ1) is 20.8. The minimum Gasteiger partial charge on any atom is -0.380 e. The third kappa shape index (κ3) is 7.43. The first-order valence-electron chi connectivity index (χ1n) is 12.8. The van der Waals surface area contributed by atoms with E-state index in [-0.39, 0.29) is 23.9 Å². The number of halogens is 3. The van der Waals surface area contributed by atoms with Crippen molar-refractivity contribution in [2.75, 3.05) is 16.0 Å². The number of hydrogen-bond acceptors (Lipinski definition) is 7. The Morgan fingerprint density at radius 1 is 0.977 bits per heavy atom. The lowest BCUT2D eigenvalue weighted by Gasteiger charge is -2.16. The van der Waals surface area contributed by atoms with Gasteiger partial charge in [-0.15, -0.1) is 16.3 Å². The standard InChI is InChI=1S/C30H23F3N8OS/c31-30(32,33)21-12-22(14-23(13-21)41-29(39-18-34)38-16-19-4-3-9-35-15-19)40-28(42)27-26(8-11-43-27)37-17-20-7-10-36-25-6-2-1-5-24(20)25/h1-15,37H,16-17H2,(H,40,42)(H2,38,39,41). The maximum Gasteiger partial charge on any atom is 0.416 e. The molecule has 216 valence electrons. The van der Waals surface area contributed by atoms with E-state index in [2.05, 4.69) is 36.2 Å². The summed E-state index contributed by atoms with van der Waals surface area (Å²) >= 11 is 1.16. The number of nitrogens with one attached hydrogen (secondary N) is 4. The zero-order valence-corrected chi connectivity index (χ0v) is 23.1. The molecule has 0 aliphatic rings. The number of thiophene rings is 1. The molecule has 9 nitrogen and oxygen atoms in total. The smallest absolute Gasteiger partial charge is 0.380 e. The van der Waals surface area contributed by atoms with Gasteiger partial charge in [-0.3, -0.25) is 14.8 Å². The number of hydrogen-bond donors (Lipinski definition) is 4. The molecular weight excluding hydrogens is 577 g/mol. The second-order valence-electron chi connectivity index (χ2n) is 9.16. The molecule has 0 aliphatic carbocycles. The van der Waals surface area contributed by atoms with E-state index in [0.29, 0.717) is 17.1 Å². The summed E-state index contributed by atoms with van der Waals surface area (Å²) in [5.74, 6) is -0.653. The molecule has 13 heteroatoms. The van der Waals surface area contributed by atoms with Gasteiger partial charge in [-0.25, -0.2) is 0 Å². The van der Waals surface area contributed by atoms with Crippen LogP contribution in [0.2, 0.25) is 0 Å². The van der Waals surface area contributed by atoms with Crippen molar-refractivity contribution in [1.82, 2.24) is 15.3 Å². The summed E-state index contributed by atoms with van der Waals surface area (Å²) in [6.07, 6.45) is 1.83. The molecular formula is C30H23F3N8OS. The number of anilines is 3. The van der Waals surface area contributed by atoms with E-state index >= 15 is 0 Å². The first-order valence-corrected chi connectivity index (χ1v) is 13.7. The number of pyridine rings is 2. The molecule has 0 fully saturated rings. The molecule has 5 rings (SSSR count). The van der Waals surface area contributed by atoms with E-state index in [9.17, 15) is 18.0 Å². The lowest BCUT2D eigenvalue weighted by Crippen LogP contribution is -2.30. The zero-order chi connectivity index (χ0) is 30.2. The van der Waals surface area contributed by atoms with Crippen molar-refractivity contribution >= 4 is 51.2 Å². The Morgan fingerprint density at radius 3 is 2.56 bits per heavy atom. The van der Waals surface area contributed by atoms with Crippen molar-refractivity contribution in [2.24, 2.45) is 4.99 Å². The summed E-state index contributed by atoms with van der Waals surface area (Å²) in [4.78, 5) is 25.5. The molecule has 0 atom stereocenters. The number of aliphatic imine (C=N–C) groups is 1. The van der Waals surface area contributed by atoms with Gasteiger partial charge in [0.15, 0.2) is 0 Å². The summed E-state index contributed by atoms with van der Waals surface area (Å²) in [5, 5.41) is 23.2. The van der Waals surface area contributed by atoms with Crippen LogP contribution in [-0.4, -0.2) is 21.8 Å². The van der Waals surface area contributed by atoms with Gasteiger partial charge in [0.1, 0.15) is 4.88 Å². The van der Waals surface area contributed by atoms with E-state index in [1.165, 1.54) is 6.07 Å². The maximum atomic E-state index is 13.8. The zero-order valence-electron chi connectivity index (χ0n) is 22.3. The Bertz CT molecular complexity index is 1810. The summed E-state index contributed by atoms with van der Waals surface area (Å²) < 4.78 is 41.4. The number of aromatic nitrogens is 2. The Hall–Kier alpha value is -5.48. The Balaban J connectivity index is 1.33. The monoisotopic (exact) mass is 600 g/mol. The number of carbonyl (C=O) groups excluding carboxylic acids is 1. The van der Waals surface area contributed by atoms with Crippen LogP contribution in [-0.2, 0) is 19.3 Å². The predicted octanol–water partition coefficient (Wildman–Crippen LogP) is 6.61. The molecule has 1 amide bonds. The molecule has 43 heavy (non-hydrogen) atoms. The number of nitriles is 1. The fraction of sp³-hybridized carbons (Fsp3) is 0.100. The van der Waals surface area contributed by atoms with Crippen LogP contribution in [0.25, 0.3) is 10.9 Å². The molecule has 3 aromatic heterocycles. The van der Waals surface area contributed by atoms with Gasteiger partial charge in [0, 0.05) is 48.4 Å². The Morgan fingerprint density at radius 2 is 1.79 bits per heavy atom. The molecule has 0 saturated carbocycles. The SMILES string of the molecule is N#C/N=C(\NCc1cccnc1)Nc1cc(NC(=O)c2sccc2NCc2ccnc3ccccc23)cc(C(F)(F)F)c1. The molecule has 0 spiro atoms. The van der Waals surface area contributed by atoms with Crippen LogP contribution in [0, 0.1) is 11.5 Å². The molecule has 0 saturated heterocycles. The van der Waals surface area contributed by atoms with E-state index in [4.69, 9.17) is 5.26 Å². The van der Waals surface area contributed by atoms with Crippen LogP contribution >= 0.6 is 11.3 Å². The van der Waals surface area contributed by atoms with Gasteiger partial charge >= 0.3 is 6.18 Å². The topological polar surface area (TPSA) is 127 Å². The lowest BCUT2D eigenvalue weighted by atomic mass is 10.1. The number of amides is 1. The van der Waals surface area contributed by atoms with Crippen molar-refractivity contribution in [3.63, 3.8) is 0 Å². The van der Waals surface area contributed by atoms with E-state index in [0.717, 1.165) is 45.5 Å². The van der Waals surface area contributed by atoms with Gasteiger partial charge in [-0.05, 0) is 59.0 Å². The number of carbonyl (C=O) groups is 1. The molecule has 0 bridgehead atoms. The minimum atomic E-state index is -4.70. The van der Waals surface area contributed by atoms with Gasteiger partial charge in [0.25, 0.3) is 5.91 Å². The summed E-state index contributed by atoms with van der Waals surface area (Å²) in [6, 6.07) is 17.9. The number of para-hydroxylation sites is 1. The van der Waals surface area contributed by atoms with Gasteiger partial charge in [0.2, 0.25) is 12.2 Å². The van der Waals surface area contributed by atoms with Crippen molar-refractivity contribution < 1.29 is 18.0 Å². The quantitative estimate of drug-likeness (QED) is 0.0896. The van der Waals surface area contributed by atoms with Gasteiger partial charge in [-0.1, -0.05) is 24.3 Å². The van der Waals surface area contributed by atoms with Crippen LogP contribution in [0.4, 0.5) is 30.2 Å². The number of alkyl halides is 3. The molecule has 4 N–H and O–H groups in total. The number of benzene rings is 2. The highest BCUT2D eigenvalue weighted by Gasteiger charge is 2.31. The third-order valence-corrected chi connectivity index (χ3v) is 7.12. The second-order valence-corrected chi connectivity index (χ2v) is 10.1. The highest BCUT2D eigenvalue weighted by atomic mass is 32.1. The van der Waals surface area contributed by atoms with E-state index < -0.39 is 17.6 Å². The van der Waals surface area contributed by atoms with Crippen molar-refractivity contribution in [3.05, 3.63) is 112 Å². The highest BCUT2D eigenvalue weighted by molar-refractivity contribution is 7.12. The molecule has 5 aromatic rings. The average molecular weight is 601 g/mol. The average Bonchev–Trinajstić information content (AvgIpc) is 3.48. The molecule has 0 radical (unpaired) electrons. The van der Waals surface area contributed by atoms with Crippen LogP contribution in [0.1, 0.15) is 26.4 Å². The number of nitrogens with zero attached hydrogens (tertiary/aromatic N) is 4. The van der Waals surface area contributed by atoms with Gasteiger partial charge in [0.05, 0.1) is 16.8 Å². The summed E-state index contributed by atoms with van der Waals surface area (Å²) in [7, 11) is 0. The van der Waals surface area contributed by atoms with Crippen molar-refractivity contribution in [2.45, 2.75) is 19.3 Å². The fourth-order valence-electron chi connectivity index (χ4n) is 4.23. The third-order valence-electron chi connectivity index (χ3n) is 6.21. The first kappa shape index (κ1) is 29.0. The van der Waals surface area contributed by atoms with Crippen LogP contribution < -0.4 is 21.3 Å².